The van der Waals surface area contributed by atoms with E-state index in [0.717, 1.165) is 23.7 Å². The fourth-order valence-corrected chi connectivity index (χ4v) is 2.77. The molecule has 2 aromatic carbocycles. The van der Waals surface area contributed by atoms with E-state index in [1.807, 2.05) is 12.1 Å². The Bertz CT molecular complexity index is 918. The molecule has 1 heterocycles. The number of aliphatic imine (C=N–C) groups is 1. The van der Waals surface area contributed by atoms with Crippen molar-refractivity contribution in [2.45, 2.75) is 12.9 Å². The van der Waals surface area contributed by atoms with E-state index in [-0.39, 0.29) is 11.5 Å². The van der Waals surface area contributed by atoms with Crippen LogP contribution in [0.1, 0.15) is 5.56 Å². The number of benzene rings is 2. The van der Waals surface area contributed by atoms with Crippen LogP contribution in [0.2, 0.25) is 5.02 Å². The molecule has 0 spiro atoms. The standard InChI is InChI=1S/C20H19ClF3N3O3/c1-27-13-28-11-18(25-10-14-5-7-15(21)8-6-14)19(27)26-12-29-16-3-2-4-17(9-16)30-20(22,23)24/h2-9,12,25H,10-11,13H2,1H3. The van der Waals surface area contributed by atoms with Crippen LogP contribution in [-0.2, 0) is 11.3 Å². The lowest BCUT2D eigenvalue weighted by Gasteiger charge is -2.28. The summed E-state index contributed by atoms with van der Waals surface area (Å²) in [5.41, 5.74) is 1.77. The molecule has 1 aliphatic rings. The van der Waals surface area contributed by atoms with E-state index >= 15 is 0 Å². The molecule has 0 aromatic heterocycles. The van der Waals surface area contributed by atoms with Gasteiger partial charge in [0.05, 0.1) is 12.3 Å². The molecule has 0 saturated heterocycles. The van der Waals surface area contributed by atoms with Gasteiger partial charge in [-0.25, -0.2) is 4.99 Å². The van der Waals surface area contributed by atoms with Crippen LogP contribution < -0.4 is 14.8 Å². The molecule has 1 aliphatic heterocycles. The maximum absolute atomic E-state index is 12.3. The van der Waals surface area contributed by atoms with Crippen LogP contribution in [0.3, 0.4) is 0 Å². The van der Waals surface area contributed by atoms with Crippen molar-refractivity contribution < 1.29 is 27.4 Å². The van der Waals surface area contributed by atoms with Gasteiger partial charge in [0.15, 0.2) is 12.2 Å². The van der Waals surface area contributed by atoms with Crippen LogP contribution in [0.5, 0.6) is 11.5 Å². The van der Waals surface area contributed by atoms with Gasteiger partial charge in [-0.15, -0.1) is 13.2 Å². The lowest BCUT2D eigenvalue weighted by molar-refractivity contribution is -0.274. The fourth-order valence-electron chi connectivity index (χ4n) is 2.64. The van der Waals surface area contributed by atoms with Crippen molar-refractivity contribution in [3.8, 4) is 11.5 Å². The minimum Gasteiger partial charge on any atom is -0.446 e. The monoisotopic (exact) mass is 441 g/mol. The fraction of sp³-hybridized carbons (Fsp3) is 0.250. The zero-order valence-corrected chi connectivity index (χ0v) is 16.7. The molecule has 10 heteroatoms. The van der Waals surface area contributed by atoms with Crippen LogP contribution in [-0.4, -0.2) is 38.0 Å². The van der Waals surface area contributed by atoms with Crippen LogP contribution in [0.4, 0.5) is 13.2 Å². The van der Waals surface area contributed by atoms with Gasteiger partial charge in [-0.05, 0) is 29.8 Å². The zero-order chi connectivity index (χ0) is 21.6. The number of halogens is 4. The first-order valence-corrected chi connectivity index (χ1v) is 9.23. The summed E-state index contributed by atoms with van der Waals surface area (Å²) in [6.07, 6.45) is -3.61. The van der Waals surface area contributed by atoms with Crippen molar-refractivity contribution in [2.75, 3.05) is 20.4 Å². The minimum atomic E-state index is -4.77. The highest BCUT2D eigenvalue weighted by molar-refractivity contribution is 6.30. The average Bonchev–Trinajstić information content (AvgIpc) is 2.68. The minimum absolute atomic E-state index is 0.159. The Morgan fingerprint density at radius 2 is 1.93 bits per heavy atom. The molecule has 2 aromatic rings. The Morgan fingerprint density at radius 3 is 2.67 bits per heavy atom. The normalized spacial score (nSPS) is 14.9. The number of alkyl halides is 3. The molecule has 0 radical (unpaired) electrons. The van der Waals surface area contributed by atoms with E-state index in [9.17, 15) is 13.2 Å². The molecule has 0 saturated carbocycles. The van der Waals surface area contributed by atoms with E-state index in [2.05, 4.69) is 15.0 Å². The first kappa shape index (κ1) is 21.8. The van der Waals surface area contributed by atoms with E-state index < -0.39 is 6.36 Å². The Hall–Kier alpha value is -2.91. The molecule has 0 fully saturated rings. The van der Waals surface area contributed by atoms with Crippen molar-refractivity contribution >= 4 is 18.0 Å². The van der Waals surface area contributed by atoms with Gasteiger partial charge in [0.25, 0.3) is 0 Å². The highest BCUT2D eigenvalue weighted by atomic mass is 35.5. The largest absolute Gasteiger partial charge is 0.573 e. The molecular weight excluding hydrogens is 423 g/mol. The van der Waals surface area contributed by atoms with Crippen molar-refractivity contribution in [3.63, 3.8) is 0 Å². The number of rotatable bonds is 7. The molecular formula is C20H19ClF3N3O3. The van der Waals surface area contributed by atoms with Gasteiger partial charge < -0.3 is 24.4 Å². The Morgan fingerprint density at radius 1 is 1.20 bits per heavy atom. The van der Waals surface area contributed by atoms with Crippen molar-refractivity contribution in [1.29, 1.82) is 0 Å². The predicted octanol–water partition coefficient (Wildman–Crippen LogP) is 4.52. The van der Waals surface area contributed by atoms with Crippen molar-refractivity contribution in [2.24, 2.45) is 4.99 Å². The molecule has 3 rings (SSSR count). The van der Waals surface area contributed by atoms with Gasteiger partial charge in [0.2, 0.25) is 0 Å². The van der Waals surface area contributed by atoms with Gasteiger partial charge in [-0.2, -0.15) is 0 Å². The molecule has 1 N–H and O–H groups in total. The number of hydrogen-bond acceptors (Lipinski definition) is 6. The summed E-state index contributed by atoms with van der Waals surface area (Å²) < 4.78 is 51.8. The predicted molar refractivity (Wildman–Crippen MR) is 106 cm³/mol. The van der Waals surface area contributed by atoms with E-state index in [1.54, 1.807) is 24.1 Å². The number of ether oxygens (including phenoxy) is 3. The summed E-state index contributed by atoms with van der Waals surface area (Å²) in [6, 6.07) is 12.6. The van der Waals surface area contributed by atoms with Crippen LogP contribution in [0.15, 0.2) is 65.0 Å². The third-order valence-corrected chi connectivity index (χ3v) is 4.24. The van der Waals surface area contributed by atoms with E-state index in [0.29, 0.717) is 30.7 Å². The summed E-state index contributed by atoms with van der Waals surface area (Å²) in [4.78, 5) is 6.08. The molecule has 0 amide bonds. The van der Waals surface area contributed by atoms with Gasteiger partial charge >= 0.3 is 6.36 Å². The molecule has 30 heavy (non-hydrogen) atoms. The molecule has 0 unspecified atom stereocenters. The molecule has 6 nitrogen and oxygen atoms in total. The van der Waals surface area contributed by atoms with Gasteiger partial charge in [0, 0.05) is 24.7 Å². The molecule has 160 valence electrons. The maximum atomic E-state index is 12.3. The first-order valence-electron chi connectivity index (χ1n) is 8.85. The van der Waals surface area contributed by atoms with Crippen LogP contribution >= 0.6 is 11.6 Å². The quantitative estimate of drug-likeness (QED) is 0.505. The summed E-state index contributed by atoms with van der Waals surface area (Å²) in [5.74, 6) is 0.380. The number of nitrogens with one attached hydrogen (secondary N) is 1. The van der Waals surface area contributed by atoms with E-state index in [4.69, 9.17) is 21.1 Å². The Kier molecular flexibility index (Phi) is 7.07. The molecule has 0 aliphatic carbocycles. The highest BCUT2D eigenvalue weighted by Gasteiger charge is 2.31. The topological polar surface area (TPSA) is 55.3 Å². The molecule has 0 atom stereocenters. The third-order valence-electron chi connectivity index (χ3n) is 3.98. The van der Waals surface area contributed by atoms with Gasteiger partial charge in [-0.1, -0.05) is 29.8 Å². The molecule has 0 bridgehead atoms. The second kappa shape index (κ2) is 9.73. The van der Waals surface area contributed by atoms with Crippen LogP contribution in [0.25, 0.3) is 0 Å². The second-order valence-electron chi connectivity index (χ2n) is 6.33. The Balaban J connectivity index is 1.67. The summed E-state index contributed by atoms with van der Waals surface area (Å²) >= 11 is 5.90. The lowest BCUT2D eigenvalue weighted by Crippen LogP contribution is -2.33. The summed E-state index contributed by atoms with van der Waals surface area (Å²) in [6.45, 7) is 1.22. The summed E-state index contributed by atoms with van der Waals surface area (Å²) in [5, 5.41) is 3.94. The lowest BCUT2D eigenvalue weighted by atomic mass is 10.2. The second-order valence-corrected chi connectivity index (χ2v) is 6.77. The van der Waals surface area contributed by atoms with Gasteiger partial charge in [0.1, 0.15) is 18.2 Å². The number of nitrogens with zero attached hydrogens (tertiary/aromatic N) is 2. The number of hydrogen-bond donors (Lipinski definition) is 1. The van der Waals surface area contributed by atoms with E-state index in [1.165, 1.54) is 18.2 Å². The average molecular weight is 442 g/mol. The zero-order valence-electron chi connectivity index (χ0n) is 15.9. The first-order chi connectivity index (χ1) is 14.3. The third kappa shape index (κ3) is 6.57. The van der Waals surface area contributed by atoms with Crippen molar-refractivity contribution in [3.05, 3.63) is 70.6 Å². The summed E-state index contributed by atoms with van der Waals surface area (Å²) in [7, 11) is 1.80. The van der Waals surface area contributed by atoms with Crippen molar-refractivity contribution in [1.82, 2.24) is 10.2 Å². The maximum Gasteiger partial charge on any atom is 0.573 e. The Labute approximate surface area is 176 Å². The van der Waals surface area contributed by atoms with Crippen LogP contribution in [0, 0.1) is 0 Å². The van der Waals surface area contributed by atoms with Gasteiger partial charge in [-0.3, -0.25) is 0 Å². The highest BCUT2D eigenvalue weighted by Crippen LogP contribution is 2.26. The smallest absolute Gasteiger partial charge is 0.446 e. The SMILES string of the molecule is CN1COCC(NCc2ccc(Cl)cc2)=C1N=COc1cccc(OC(F)(F)F)c1.